The molecule has 0 spiro atoms. The van der Waals surface area contributed by atoms with Crippen molar-refractivity contribution < 1.29 is 14.8 Å². The van der Waals surface area contributed by atoms with Gasteiger partial charge >= 0.3 is 0 Å². The summed E-state index contributed by atoms with van der Waals surface area (Å²) in [4.78, 5) is 24.3. The van der Waals surface area contributed by atoms with Gasteiger partial charge in [-0.15, -0.1) is 0 Å². The lowest BCUT2D eigenvalue weighted by Crippen LogP contribution is -2.27. The lowest BCUT2D eigenvalue weighted by Gasteiger charge is -2.16. The molecule has 1 unspecified atom stereocenters. The Hall–Kier alpha value is -3.44. The molecular weight excluding hydrogens is 328 g/mol. The van der Waals surface area contributed by atoms with E-state index < -0.39 is 11.8 Å². The van der Waals surface area contributed by atoms with Crippen molar-refractivity contribution in [1.82, 2.24) is 5.48 Å². The summed E-state index contributed by atoms with van der Waals surface area (Å²) in [6.45, 7) is 0. The zero-order chi connectivity index (χ0) is 18.4. The van der Waals surface area contributed by atoms with Crippen molar-refractivity contribution in [2.45, 2.75) is 5.92 Å². The van der Waals surface area contributed by atoms with Crippen LogP contribution in [0.4, 0.5) is 5.69 Å². The van der Waals surface area contributed by atoms with Gasteiger partial charge in [-0.05, 0) is 35.4 Å². The lowest BCUT2D eigenvalue weighted by atomic mass is 9.90. The molecule has 0 aromatic heterocycles. The van der Waals surface area contributed by atoms with Crippen LogP contribution in [0.5, 0.6) is 0 Å². The van der Waals surface area contributed by atoms with Crippen molar-refractivity contribution in [2.24, 2.45) is 0 Å². The summed E-state index contributed by atoms with van der Waals surface area (Å²) < 4.78 is 0. The predicted octanol–water partition coefficient (Wildman–Crippen LogP) is 3.58. The van der Waals surface area contributed by atoms with E-state index in [1.165, 1.54) is 0 Å². The van der Waals surface area contributed by atoms with Crippen molar-refractivity contribution in [3.8, 4) is 0 Å². The quantitative estimate of drug-likeness (QED) is 0.488. The zero-order valence-corrected chi connectivity index (χ0v) is 13.9. The summed E-state index contributed by atoms with van der Waals surface area (Å²) in [7, 11) is 0. The molecule has 0 fully saturated rings. The molecular formula is C21H18N2O3. The highest BCUT2D eigenvalue weighted by atomic mass is 16.5. The van der Waals surface area contributed by atoms with E-state index in [0.717, 1.165) is 5.56 Å². The molecule has 0 aliphatic heterocycles. The number of nitrogens with one attached hydrogen (secondary N) is 2. The topological polar surface area (TPSA) is 78.4 Å². The molecule has 0 heterocycles. The molecule has 26 heavy (non-hydrogen) atoms. The number of amides is 2. The van der Waals surface area contributed by atoms with E-state index >= 15 is 0 Å². The number of anilines is 1. The fourth-order valence-electron chi connectivity index (χ4n) is 2.76. The van der Waals surface area contributed by atoms with Crippen LogP contribution in [0.2, 0.25) is 0 Å². The van der Waals surface area contributed by atoms with E-state index in [1.807, 2.05) is 36.4 Å². The molecule has 0 aliphatic rings. The Kier molecular flexibility index (Phi) is 5.41. The van der Waals surface area contributed by atoms with E-state index in [-0.39, 0.29) is 5.91 Å². The van der Waals surface area contributed by atoms with Crippen LogP contribution in [-0.4, -0.2) is 17.0 Å². The normalized spacial score (nSPS) is 11.4. The number of hydrogen-bond acceptors (Lipinski definition) is 3. The van der Waals surface area contributed by atoms with Gasteiger partial charge in [0.05, 0.1) is 5.92 Å². The summed E-state index contributed by atoms with van der Waals surface area (Å²) in [5, 5.41) is 11.9. The Morgan fingerprint density at radius 3 is 1.85 bits per heavy atom. The fourth-order valence-corrected chi connectivity index (χ4v) is 2.76. The van der Waals surface area contributed by atoms with Gasteiger partial charge < -0.3 is 5.32 Å². The monoisotopic (exact) mass is 346 g/mol. The first kappa shape index (κ1) is 17.4. The maximum atomic E-state index is 12.2. The second-order valence-corrected chi connectivity index (χ2v) is 5.76. The standard InChI is InChI=1S/C21H18N2O3/c24-20(17-9-5-2-6-10-17)22-18-13-11-16(12-14-18)19(21(25)23-26)15-7-3-1-4-8-15/h1-14,19,26H,(H,22,24)(H,23,25). The van der Waals surface area contributed by atoms with Crippen molar-refractivity contribution in [3.05, 3.63) is 102 Å². The first-order valence-corrected chi connectivity index (χ1v) is 8.14. The third-order valence-corrected chi connectivity index (χ3v) is 4.04. The van der Waals surface area contributed by atoms with Crippen molar-refractivity contribution in [2.75, 3.05) is 5.32 Å². The summed E-state index contributed by atoms with van der Waals surface area (Å²) in [5.41, 5.74) is 4.39. The third-order valence-electron chi connectivity index (χ3n) is 4.04. The van der Waals surface area contributed by atoms with Gasteiger partial charge in [0.2, 0.25) is 0 Å². The summed E-state index contributed by atoms with van der Waals surface area (Å²) >= 11 is 0. The highest BCUT2D eigenvalue weighted by Crippen LogP contribution is 2.26. The maximum Gasteiger partial charge on any atom is 0.255 e. The number of hydroxylamine groups is 1. The van der Waals surface area contributed by atoms with Crippen LogP contribution < -0.4 is 10.8 Å². The Balaban J connectivity index is 1.81. The molecule has 3 aromatic rings. The number of carbonyl (C=O) groups is 2. The third kappa shape index (κ3) is 3.96. The minimum atomic E-state index is -0.639. The van der Waals surface area contributed by atoms with E-state index in [1.54, 1.807) is 54.0 Å². The minimum Gasteiger partial charge on any atom is -0.322 e. The van der Waals surface area contributed by atoms with Gasteiger partial charge in [-0.3, -0.25) is 14.8 Å². The van der Waals surface area contributed by atoms with Gasteiger partial charge in [-0.2, -0.15) is 0 Å². The molecule has 0 bridgehead atoms. The Bertz CT molecular complexity index is 878. The average molecular weight is 346 g/mol. The molecule has 3 N–H and O–H groups in total. The number of carbonyl (C=O) groups excluding carboxylic acids is 2. The predicted molar refractivity (Wildman–Crippen MR) is 99.1 cm³/mol. The first-order chi connectivity index (χ1) is 12.7. The number of hydrogen-bond donors (Lipinski definition) is 3. The van der Waals surface area contributed by atoms with Crippen LogP contribution in [0.3, 0.4) is 0 Å². The van der Waals surface area contributed by atoms with Crippen LogP contribution in [-0.2, 0) is 4.79 Å². The van der Waals surface area contributed by atoms with Gasteiger partial charge in [0, 0.05) is 11.3 Å². The molecule has 5 heteroatoms. The molecule has 5 nitrogen and oxygen atoms in total. The summed E-state index contributed by atoms with van der Waals surface area (Å²) in [6, 6.07) is 25.1. The van der Waals surface area contributed by atoms with Crippen LogP contribution >= 0.6 is 0 Å². The van der Waals surface area contributed by atoms with Gasteiger partial charge in [0.15, 0.2) is 0 Å². The average Bonchev–Trinajstić information content (AvgIpc) is 2.71. The van der Waals surface area contributed by atoms with E-state index in [4.69, 9.17) is 5.21 Å². The number of rotatable bonds is 5. The molecule has 0 aliphatic carbocycles. The largest absolute Gasteiger partial charge is 0.322 e. The van der Waals surface area contributed by atoms with Crippen LogP contribution in [0, 0.1) is 0 Å². The van der Waals surface area contributed by atoms with Crippen LogP contribution in [0.1, 0.15) is 27.4 Å². The molecule has 0 saturated heterocycles. The lowest BCUT2D eigenvalue weighted by molar-refractivity contribution is -0.129. The molecule has 3 aromatic carbocycles. The second kappa shape index (κ2) is 8.09. The Labute approximate surface area is 151 Å². The summed E-state index contributed by atoms with van der Waals surface area (Å²) in [6.07, 6.45) is 0. The van der Waals surface area contributed by atoms with Gasteiger partial charge in [0.1, 0.15) is 0 Å². The van der Waals surface area contributed by atoms with E-state index in [2.05, 4.69) is 5.32 Å². The molecule has 0 saturated carbocycles. The van der Waals surface area contributed by atoms with Crippen LogP contribution in [0.25, 0.3) is 0 Å². The maximum absolute atomic E-state index is 12.2. The molecule has 3 rings (SSSR count). The number of benzene rings is 3. The Morgan fingerprint density at radius 2 is 1.27 bits per heavy atom. The molecule has 2 amide bonds. The molecule has 0 radical (unpaired) electrons. The smallest absolute Gasteiger partial charge is 0.255 e. The SMILES string of the molecule is O=C(Nc1ccc(C(C(=O)NO)c2ccccc2)cc1)c1ccccc1. The van der Waals surface area contributed by atoms with Gasteiger partial charge in [0.25, 0.3) is 11.8 Å². The van der Waals surface area contributed by atoms with Gasteiger partial charge in [-0.25, -0.2) is 5.48 Å². The van der Waals surface area contributed by atoms with Crippen molar-refractivity contribution in [1.29, 1.82) is 0 Å². The first-order valence-electron chi connectivity index (χ1n) is 8.14. The zero-order valence-electron chi connectivity index (χ0n) is 13.9. The van der Waals surface area contributed by atoms with Crippen molar-refractivity contribution >= 4 is 17.5 Å². The second-order valence-electron chi connectivity index (χ2n) is 5.76. The molecule has 1 atom stereocenters. The highest BCUT2D eigenvalue weighted by Gasteiger charge is 2.22. The summed E-state index contributed by atoms with van der Waals surface area (Å²) in [5.74, 6) is -1.36. The molecule has 130 valence electrons. The minimum absolute atomic E-state index is 0.203. The van der Waals surface area contributed by atoms with E-state index in [9.17, 15) is 9.59 Å². The van der Waals surface area contributed by atoms with E-state index in [0.29, 0.717) is 16.8 Å². The van der Waals surface area contributed by atoms with Crippen LogP contribution in [0.15, 0.2) is 84.9 Å². The van der Waals surface area contributed by atoms with Crippen molar-refractivity contribution in [3.63, 3.8) is 0 Å². The highest BCUT2D eigenvalue weighted by molar-refractivity contribution is 6.04. The van der Waals surface area contributed by atoms with Gasteiger partial charge in [-0.1, -0.05) is 60.7 Å². The fraction of sp³-hybridized carbons (Fsp3) is 0.0476. The Morgan fingerprint density at radius 1 is 0.731 bits per heavy atom.